The molecule has 0 saturated carbocycles. The van der Waals surface area contributed by atoms with Gasteiger partial charge >= 0.3 is 0 Å². The molecule has 0 aliphatic carbocycles. The van der Waals surface area contributed by atoms with Crippen LogP contribution in [0.1, 0.15) is 63.8 Å². The first-order valence-electron chi connectivity index (χ1n) is 14.8. The van der Waals surface area contributed by atoms with Gasteiger partial charge in [0.05, 0.1) is 11.3 Å². The summed E-state index contributed by atoms with van der Waals surface area (Å²) in [5.74, 6) is 0.708. The second kappa shape index (κ2) is 10.5. The van der Waals surface area contributed by atoms with Crippen molar-refractivity contribution < 1.29 is 9.52 Å². The van der Waals surface area contributed by atoms with Crippen LogP contribution < -0.4 is 0 Å². The van der Waals surface area contributed by atoms with Gasteiger partial charge in [-0.05, 0) is 87.2 Å². The Morgan fingerprint density at radius 2 is 1.40 bits per heavy atom. The first-order valence-corrected chi connectivity index (χ1v) is 14.8. The third-order valence-electron chi connectivity index (χ3n) is 8.16. The summed E-state index contributed by atoms with van der Waals surface area (Å²) in [5, 5.41) is 13.0. The lowest BCUT2D eigenvalue weighted by Gasteiger charge is -2.20. The predicted molar refractivity (Wildman–Crippen MR) is 180 cm³/mol. The van der Waals surface area contributed by atoms with E-state index in [0.29, 0.717) is 17.1 Å². The van der Waals surface area contributed by atoms with E-state index in [1.807, 2.05) is 36.4 Å². The van der Waals surface area contributed by atoms with Crippen LogP contribution in [0.2, 0.25) is 0 Å². The number of oxazole rings is 1. The van der Waals surface area contributed by atoms with Crippen molar-refractivity contribution in [3.8, 4) is 28.3 Å². The van der Waals surface area contributed by atoms with Crippen molar-refractivity contribution in [2.75, 3.05) is 0 Å². The first kappa shape index (κ1) is 28.4. The molecule has 0 fully saturated rings. The summed E-state index contributed by atoms with van der Waals surface area (Å²) in [4.78, 5) is 9.91. The maximum atomic E-state index is 10.6. The number of aromatic nitrogens is 1. The topological polar surface area (TPSA) is 58.6 Å². The highest BCUT2D eigenvalue weighted by Gasteiger charge is 2.22. The number of hydrogen-bond donors (Lipinski definition) is 1. The number of aryl methyl sites for hydroxylation is 1. The molecular weight excluding hydrogens is 528 g/mol. The molecular formula is C39H38N2O2. The fourth-order valence-corrected chi connectivity index (χ4v) is 5.50. The molecule has 0 amide bonds. The zero-order valence-corrected chi connectivity index (χ0v) is 26.0. The molecule has 0 aliphatic heterocycles. The zero-order chi connectivity index (χ0) is 30.5. The van der Waals surface area contributed by atoms with Crippen LogP contribution in [-0.2, 0) is 10.8 Å². The van der Waals surface area contributed by atoms with Gasteiger partial charge in [-0.1, -0.05) is 96.1 Å². The maximum Gasteiger partial charge on any atom is 0.229 e. The van der Waals surface area contributed by atoms with Crippen LogP contribution in [0.15, 0.2) is 100 Å². The molecule has 6 aromatic rings. The van der Waals surface area contributed by atoms with Crippen molar-refractivity contribution in [3.63, 3.8) is 0 Å². The zero-order valence-electron chi connectivity index (χ0n) is 26.0. The maximum absolute atomic E-state index is 10.6. The molecule has 1 N–H and O–H groups in total. The van der Waals surface area contributed by atoms with E-state index in [0.717, 1.165) is 33.4 Å². The standard InChI is InChI=1S/C39H38N2O2/c1-24-16-18-30(29-13-9-8-12-28(24)29)32-21-27(39(5,6)7)22-35-36(32)41-37(43-35)31-14-10-11-15-33(31)40-23-25-20-26(38(2,3)4)17-19-34(25)42/h8-23,42H,1-7H3. The minimum Gasteiger partial charge on any atom is -0.507 e. The number of aliphatic imine (C=N–C) groups is 1. The van der Waals surface area contributed by atoms with Crippen molar-refractivity contribution >= 4 is 33.8 Å². The number of phenolic OH excluding ortho intramolecular Hbond substituents is 1. The third-order valence-corrected chi connectivity index (χ3v) is 8.16. The summed E-state index contributed by atoms with van der Waals surface area (Å²) in [6.07, 6.45) is 1.72. The molecule has 43 heavy (non-hydrogen) atoms. The van der Waals surface area contributed by atoms with E-state index in [4.69, 9.17) is 14.4 Å². The van der Waals surface area contributed by atoms with Crippen LogP contribution in [0.4, 0.5) is 5.69 Å². The Labute approximate surface area is 253 Å². The molecule has 0 unspecified atom stereocenters. The third kappa shape index (κ3) is 5.46. The Hall–Kier alpha value is -4.70. The van der Waals surface area contributed by atoms with E-state index in [2.05, 4.69) is 97.0 Å². The molecule has 6 rings (SSSR count). The molecule has 1 heterocycles. The van der Waals surface area contributed by atoms with E-state index < -0.39 is 0 Å². The average Bonchev–Trinajstić information content (AvgIpc) is 3.40. The number of nitrogens with zero attached hydrogens (tertiary/aromatic N) is 2. The van der Waals surface area contributed by atoms with Crippen molar-refractivity contribution in [2.24, 2.45) is 4.99 Å². The molecule has 0 radical (unpaired) electrons. The van der Waals surface area contributed by atoms with E-state index in [1.54, 1.807) is 12.3 Å². The molecule has 0 aliphatic rings. The molecule has 0 saturated heterocycles. The Balaban J connectivity index is 1.52. The number of aromatic hydroxyl groups is 1. The van der Waals surface area contributed by atoms with Gasteiger partial charge in [0.1, 0.15) is 11.3 Å². The fourth-order valence-electron chi connectivity index (χ4n) is 5.50. The normalized spacial score (nSPS) is 12.5. The summed E-state index contributed by atoms with van der Waals surface area (Å²) >= 11 is 0. The summed E-state index contributed by atoms with van der Waals surface area (Å²) in [6.45, 7) is 15.3. The van der Waals surface area contributed by atoms with Crippen LogP contribution in [0, 0.1) is 6.92 Å². The highest BCUT2D eigenvalue weighted by Crippen LogP contribution is 2.41. The van der Waals surface area contributed by atoms with Crippen LogP contribution in [0.5, 0.6) is 5.75 Å². The van der Waals surface area contributed by atoms with Crippen molar-refractivity contribution in [1.82, 2.24) is 4.98 Å². The number of benzene rings is 5. The summed E-state index contributed by atoms with van der Waals surface area (Å²) in [7, 11) is 0. The molecule has 1 aromatic heterocycles. The van der Waals surface area contributed by atoms with Gasteiger partial charge in [0, 0.05) is 17.3 Å². The number of phenols is 1. The van der Waals surface area contributed by atoms with Crippen LogP contribution in [0.3, 0.4) is 0 Å². The summed E-state index contributed by atoms with van der Waals surface area (Å²) < 4.78 is 6.53. The molecule has 4 heteroatoms. The van der Waals surface area contributed by atoms with E-state index >= 15 is 0 Å². The van der Waals surface area contributed by atoms with E-state index in [1.165, 1.54) is 21.9 Å². The minimum atomic E-state index is -0.0812. The first-order chi connectivity index (χ1) is 20.4. The number of para-hydroxylation sites is 1. The lowest BCUT2D eigenvalue weighted by Crippen LogP contribution is -2.11. The van der Waals surface area contributed by atoms with Crippen molar-refractivity contribution in [3.05, 3.63) is 113 Å². The molecule has 0 atom stereocenters. The second-order valence-corrected chi connectivity index (χ2v) is 13.4. The second-order valence-electron chi connectivity index (χ2n) is 13.4. The SMILES string of the molecule is Cc1ccc(-c2cc(C(C)(C)C)cc3oc(-c4ccccc4N=Cc4cc(C(C)(C)C)ccc4O)nc23)c2ccccc12. The Morgan fingerprint density at radius 3 is 2.14 bits per heavy atom. The number of rotatable bonds is 4. The molecule has 5 aromatic carbocycles. The van der Waals surface area contributed by atoms with Crippen LogP contribution in [-0.4, -0.2) is 16.3 Å². The highest BCUT2D eigenvalue weighted by atomic mass is 16.3. The van der Waals surface area contributed by atoms with E-state index in [9.17, 15) is 5.11 Å². The molecule has 216 valence electrons. The van der Waals surface area contributed by atoms with Crippen LogP contribution in [0.25, 0.3) is 44.5 Å². The van der Waals surface area contributed by atoms with Gasteiger partial charge < -0.3 is 9.52 Å². The van der Waals surface area contributed by atoms with Gasteiger partial charge in [-0.15, -0.1) is 0 Å². The lowest BCUT2D eigenvalue weighted by molar-refractivity contribution is 0.473. The fraction of sp³-hybridized carbons (Fsp3) is 0.231. The minimum absolute atomic E-state index is 0.0429. The predicted octanol–water partition coefficient (Wildman–Crippen LogP) is 10.7. The number of hydrogen-bond acceptors (Lipinski definition) is 4. The average molecular weight is 567 g/mol. The lowest BCUT2D eigenvalue weighted by atomic mass is 9.84. The molecule has 0 spiro atoms. The molecule has 0 bridgehead atoms. The summed E-state index contributed by atoms with van der Waals surface area (Å²) in [5.41, 5.74) is 9.37. The van der Waals surface area contributed by atoms with Crippen LogP contribution >= 0.6 is 0 Å². The van der Waals surface area contributed by atoms with Crippen molar-refractivity contribution in [2.45, 2.75) is 59.3 Å². The van der Waals surface area contributed by atoms with Gasteiger partial charge in [0.2, 0.25) is 5.89 Å². The smallest absolute Gasteiger partial charge is 0.229 e. The van der Waals surface area contributed by atoms with Gasteiger partial charge in [0.25, 0.3) is 0 Å². The summed E-state index contributed by atoms with van der Waals surface area (Å²) in [6, 6.07) is 30.8. The van der Waals surface area contributed by atoms with Gasteiger partial charge in [-0.25, -0.2) is 4.98 Å². The highest BCUT2D eigenvalue weighted by molar-refractivity contribution is 6.05. The quantitative estimate of drug-likeness (QED) is 0.216. The largest absolute Gasteiger partial charge is 0.507 e. The van der Waals surface area contributed by atoms with E-state index in [-0.39, 0.29) is 16.6 Å². The Bertz CT molecular complexity index is 2020. The Kier molecular flexibility index (Phi) is 6.96. The van der Waals surface area contributed by atoms with Crippen molar-refractivity contribution in [1.29, 1.82) is 0 Å². The van der Waals surface area contributed by atoms with Gasteiger partial charge in [-0.2, -0.15) is 0 Å². The monoisotopic (exact) mass is 566 g/mol. The molecule has 4 nitrogen and oxygen atoms in total. The Morgan fingerprint density at radius 1 is 0.698 bits per heavy atom. The van der Waals surface area contributed by atoms with Gasteiger partial charge in [0.15, 0.2) is 5.58 Å². The number of fused-ring (bicyclic) bond motifs is 2. The van der Waals surface area contributed by atoms with Gasteiger partial charge in [-0.3, -0.25) is 4.99 Å².